The van der Waals surface area contributed by atoms with Crippen molar-refractivity contribution < 1.29 is 38.2 Å². The number of alkyl carbamates (subject to hydrolysis) is 1. The molecule has 1 aromatic rings. The first-order valence-electron chi connectivity index (χ1n) is 7.70. The summed E-state index contributed by atoms with van der Waals surface area (Å²) in [7, 11) is 4.68. The minimum atomic E-state index is -2.14. The van der Waals surface area contributed by atoms with E-state index in [1.807, 2.05) is 5.32 Å². The van der Waals surface area contributed by atoms with Crippen molar-refractivity contribution in [1.29, 1.82) is 0 Å². The van der Waals surface area contributed by atoms with Crippen LogP contribution in [-0.4, -0.2) is 63.1 Å². The van der Waals surface area contributed by atoms with Gasteiger partial charge in [0.25, 0.3) is 11.8 Å². The predicted octanol–water partition coefficient (Wildman–Crippen LogP) is -0.00910. The maximum atomic E-state index is 12.9. The Labute approximate surface area is 154 Å². The lowest BCUT2D eigenvalue weighted by Gasteiger charge is -2.38. The van der Waals surface area contributed by atoms with Gasteiger partial charge in [-0.25, -0.2) is 4.79 Å². The van der Waals surface area contributed by atoms with Gasteiger partial charge in [0.1, 0.15) is 5.75 Å². The second-order valence-corrected chi connectivity index (χ2v) is 5.69. The normalized spacial score (nSPS) is 18.4. The minimum absolute atomic E-state index is 0.00715. The number of imide groups is 2. The van der Waals surface area contributed by atoms with Gasteiger partial charge in [0.05, 0.1) is 27.8 Å². The molecule has 0 saturated carbocycles. The van der Waals surface area contributed by atoms with Gasteiger partial charge < -0.3 is 14.2 Å². The van der Waals surface area contributed by atoms with E-state index in [4.69, 9.17) is 9.47 Å². The second kappa shape index (κ2) is 7.44. The monoisotopic (exact) mass is 378 g/mol. The molecule has 1 aliphatic rings. The van der Waals surface area contributed by atoms with Gasteiger partial charge in [-0.1, -0.05) is 6.07 Å². The number of benzene rings is 1. The molecule has 1 N–H and O–H groups in total. The summed E-state index contributed by atoms with van der Waals surface area (Å²) in [6, 6.07) is 4.15. The SMILES string of the molecule is COC(=O)NC(=O)CC1(C(=O)OC)C(=O)N(C)C(=O)c2cc(OC)ccc21. The number of likely N-dealkylation sites (N-methyl/N-ethyl adjacent to an activating group) is 1. The molecule has 0 bridgehead atoms. The zero-order chi connectivity index (χ0) is 20.4. The topological polar surface area (TPSA) is 128 Å². The number of hydrogen-bond donors (Lipinski definition) is 1. The van der Waals surface area contributed by atoms with Gasteiger partial charge in [-0.2, -0.15) is 0 Å². The molecule has 0 aromatic heterocycles. The zero-order valence-corrected chi connectivity index (χ0v) is 15.2. The highest BCUT2D eigenvalue weighted by Crippen LogP contribution is 2.40. The maximum Gasteiger partial charge on any atom is 0.413 e. The molecule has 0 radical (unpaired) electrons. The van der Waals surface area contributed by atoms with Gasteiger partial charge in [-0.05, 0) is 17.7 Å². The summed E-state index contributed by atoms with van der Waals surface area (Å²) < 4.78 is 14.2. The Morgan fingerprint density at radius 1 is 1.11 bits per heavy atom. The van der Waals surface area contributed by atoms with E-state index in [0.717, 1.165) is 19.1 Å². The van der Waals surface area contributed by atoms with E-state index in [1.54, 1.807) is 0 Å². The third-order valence-electron chi connectivity index (χ3n) is 4.28. The van der Waals surface area contributed by atoms with Crippen molar-refractivity contribution >= 4 is 29.8 Å². The molecule has 1 aromatic carbocycles. The molecule has 1 aliphatic heterocycles. The molecule has 144 valence electrons. The highest BCUT2D eigenvalue weighted by molar-refractivity contribution is 6.22. The van der Waals surface area contributed by atoms with E-state index in [2.05, 4.69) is 4.74 Å². The Morgan fingerprint density at radius 2 is 1.78 bits per heavy atom. The van der Waals surface area contributed by atoms with Crippen LogP contribution < -0.4 is 10.1 Å². The smallest absolute Gasteiger partial charge is 0.413 e. The fourth-order valence-electron chi connectivity index (χ4n) is 2.94. The van der Waals surface area contributed by atoms with Crippen LogP contribution in [0.15, 0.2) is 18.2 Å². The van der Waals surface area contributed by atoms with Crippen LogP contribution in [0.3, 0.4) is 0 Å². The predicted molar refractivity (Wildman–Crippen MR) is 89.0 cm³/mol. The van der Waals surface area contributed by atoms with Crippen LogP contribution in [0.4, 0.5) is 4.79 Å². The average Bonchev–Trinajstić information content (AvgIpc) is 2.68. The summed E-state index contributed by atoms with van der Waals surface area (Å²) in [5.74, 6) is -3.29. The molecule has 0 spiro atoms. The van der Waals surface area contributed by atoms with Crippen LogP contribution >= 0.6 is 0 Å². The Bertz CT molecular complexity index is 834. The highest BCUT2D eigenvalue weighted by atomic mass is 16.5. The van der Waals surface area contributed by atoms with Crippen LogP contribution in [0.1, 0.15) is 22.3 Å². The van der Waals surface area contributed by atoms with E-state index >= 15 is 0 Å². The van der Waals surface area contributed by atoms with E-state index in [1.165, 1.54) is 32.4 Å². The van der Waals surface area contributed by atoms with Crippen molar-refractivity contribution in [2.24, 2.45) is 0 Å². The fourth-order valence-corrected chi connectivity index (χ4v) is 2.94. The van der Waals surface area contributed by atoms with Crippen molar-refractivity contribution in [3.63, 3.8) is 0 Å². The number of rotatable bonds is 4. The molecular formula is C17H18N2O8. The first kappa shape index (κ1) is 19.9. The van der Waals surface area contributed by atoms with Crippen LogP contribution in [0.2, 0.25) is 0 Å². The third kappa shape index (κ3) is 3.21. The quantitative estimate of drug-likeness (QED) is 0.440. The van der Waals surface area contributed by atoms with Crippen molar-refractivity contribution in [3.05, 3.63) is 29.3 Å². The largest absolute Gasteiger partial charge is 0.497 e. The number of nitrogens with one attached hydrogen (secondary N) is 1. The summed E-state index contributed by atoms with van der Waals surface area (Å²) in [5, 5.41) is 1.89. The minimum Gasteiger partial charge on any atom is -0.497 e. The molecule has 1 atom stereocenters. The van der Waals surface area contributed by atoms with Crippen LogP contribution in [-0.2, 0) is 29.3 Å². The molecule has 4 amide bonds. The van der Waals surface area contributed by atoms with Crippen molar-refractivity contribution in [2.45, 2.75) is 11.8 Å². The number of hydrogen-bond acceptors (Lipinski definition) is 8. The van der Waals surface area contributed by atoms with Gasteiger partial charge in [0, 0.05) is 12.6 Å². The number of carbonyl (C=O) groups is 5. The number of nitrogens with zero attached hydrogens (tertiary/aromatic N) is 1. The summed E-state index contributed by atoms with van der Waals surface area (Å²) >= 11 is 0. The highest BCUT2D eigenvalue weighted by Gasteiger charge is 2.57. The lowest BCUT2D eigenvalue weighted by atomic mass is 9.71. The summed E-state index contributed by atoms with van der Waals surface area (Å²) in [6.07, 6.45) is -1.81. The summed E-state index contributed by atoms with van der Waals surface area (Å²) in [5.41, 5.74) is -2.15. The molecule has 1 heterocycles. The van der Waals surface area contributed by atoms with Crippen LogP contribution in [0.25, 0.3) is 0 Å². The van der Waals surface area contributed by atoms with Gasteiger partial charge in [0.15, 0.2) is 5.41 Å². The lowest BCUT2D eigenvalue weighted by Crippen LogP contribution is -2.59. The molecule has 2 rings (SSSR count). The second-order valence-electron chi connectivity index (χ2n) is 5.69. The number of esters is 1. The zero-order valence-electron chi connectivity index (χ0n) is 15.2. The Kier molecular flexibility index (Phi) is 5.48. The summed E-state index contributed by atoms with van der Waals surface area (Å²) in [4.78, 5) is 62.4. The van der Waals surface area contributed by atoms with E-state index in [0.29, 0.717) is 5.75 Å². The van der Waals surface area contributed by atoms with Gasteiger partial charge in [-0.15, -0.1) is 0 Å². The molecule has 0 aliphatic carbocycles. The first-order valence-corrected chi connectivity index (χ1v) is 7.70. The van der Waals surface area contributed by atoms with Crippen molar-refractivity contribution in [3.8, 4) is 5.75 Å². The van der Waals surface area contributed by atoms with Gasteiger partial charge in [0.2, 0.25) is 5.91 Å². The van der Waals surface area contributed by atoms with Crippen LogP contribution in [0, 0.1) is 0 Å². The third-order valence-corrected chi connectivity index (χ3v) is 4.28. The van der Waals surface area contributed by atoms with Crippen LogP contribution in [0.5, 0.6) is 5.75 Å². The lowest BCUT2D eigenvalue weighted by molar-refractivity contribution is -0.158. The Morgan fingerprint density at radius 3 is 2.33 bits per heavy atom. The van der Waals surface area contributed by atoms with E-state index < -0.39 is 41.6 Å². The van der Waals surface area contributed by atoms with Gasteiger partial charge >= 0.3 is 12.1 Å². The number of fused-ring (bicyclic) bond motifs is 1. The molecule has 27 heavy (non-hydrogen) atoms. The van der Waals surface area contributed by atoms with Crippen molar-refractivity contribution in [1.82, 2.24) is 10.2 Å². The molecule has 10 nitrogen and oxygen atoms in total. The molecule has 0 fully saturated rings. The first-order chi connectivity index (χ1) is 12.7. The standard InChI is InChI=1S/C17H18N2O8/c1-19-13(21)10-7-9(25-2)5-6-11(10)17(14(19)22,15(23)26-3)8-12(20)18-16(24)27-4/h5-7H,8H2,1-4H3,(H,18,20,24). The Balaban J connectivity index is 2.68. The molecule has 1 unspecified atom stereocenters. The van der Waals surface area contributed by atoms with E-state index in [-0.39, 0.29) is 11.1 Å². The fraction of sp³-hybridized carbons (Fsp3) is 0.353. The molecule has 0 saturated heterocycles. The number of amides is 4. The van der Waals surface area contributed by atoms with Crippen molar-refractivity contribution in [2.75, 3.05) is 28.4 Å². The molecule has 10 heteroatoms. The Hall–Kier alpha value is -3.43. The number of ether oxygens (including phenoxy) is 3. The molecular weight excluding hydrogens is 360 g/mol. The summed E-state index contributed by atoms with van der Waals surface area (Å²) in [6.45, 7) is 0. The average molecular weight is 378 g/mol. The maximum absolute atomic E-state index is 12.9. The number of carbonyl (C=O) groups excluding carboxylic acids is 5. The number of methoxy groups -OCH3 is 3. The van der Waals surface area contributed by atoms with E-state index in [9.17, 15) is 24.0 Å². The van der Waals surface area contributed by atoms with Gasteiger partial charge in [-0.3, -0.25) is 29.4 Å².